The molecule has 0 aliphatic heterocycles. The van der Waals surface area contributed by atoms with Gasteiger partial charge in [-0.15, -0.1) is 11.3 Å². The van der Waals surface area contributed by atoms with Crippen LogP contribution in [0.3, 0.4) is 0 Å². The molecule has 8 heteroatoms. The normalized spacial score (nSPS) is 10.2. The maximum absolute atomic E-state index is 10.6. The number of rotatable bonds is 4. The smallest absolute Gasteiger partial charge is 0.276 e. The van der Waals surface area contributed by atoms with Crippen LogP contribution in [-0.4, -0.2) is 14.9 Å². The van der Waals surface area contributed by atoms with Gasteiger partial charge >= 0.3 is 0 Å². The van der Waals surface area contributed by atoms with E-state index in [4.69, 9.17) is 11.6 Å². The second-order valence-electron chi connectivity index (χ2n) is 3.11. The van der Waals surface area contributed by atoms with Crippen LogP contribution in [0.4, 0.5) is 11.5 Å². The number of halogens is 1. The van der Waals surface area contributed by atoms with Crippen molar-refractivity contribution in [1.82, 2.24) is 9.97 Å². The number of hydrogen-bond acceptors (Lipinski definition) is 6. The minimum Gasteiger partial charge on any atom is -0.365 e. The summed E-state index contributed by atoms with van der Waals surface area (Å²) in [6.07, 6.45) is 1.72. The summed E-state index contributed by atoms with van der Waals surface area (Å²) < 4.78 is 0. The summed E-state index contributed by atoms with van der Waals surface area (Å²) in [4.78, 5) is 19.0. The van der Waals surface area contributed by atoms with E-state index < -0.39 is 4.92 Å². The van der Waals surface area contributed by atoms with Gasteiger partial charge in [-0.3, -0.25) is 15.1 Å². The largest absolute Gasteiger partial charge is 0.365 e. The Morgan fingerprint density at radius 3 is 3.00 bits per heavy atom. The molecule has 6 nitrogen and oxygen atoms in total. The van der Waals surface area contributed by atoms with Crippen molar-refractivity contribution < 1.29 is 4.92 Å². The van der Waals surface area contributed by atoms with E-state index in [1.807, 2.05) is 0 Å². The highest BCUT2D eigenvalue weighted by Gasteiger charge is 2.10. The fourth-order valence-electron chi connectivity index (χ4n) is 1.19. The van der Waals surface area contributed by atoms with Gasteiger partial charge in [-0.25, -0.2) is 4.98 Å². The van der Waals surface area contributed by atoms with E-state index in [2.05, 4.69) is 15.3 Å². The fraction of sp³-hybridized carbons (Fsp3) is 0.111. The Hall–Kier alpha value is -1.73. The molecule has 0 aliphatic rings. The summed E-state index contributed by atoms with van der Waals surface area (Å²) in [5.41, 5.74) is 1.63. The van der Waals surface area contributed by atoms with Crippen LogP contribution in [0.2, 0.25) is 5.15 Å². The highest BCUT2D eigenvalue weighted by Crippen LogP contribution is 2.21. The maximum Gasteiger partial charge on any atom is 0.276 e. The zero-order chi connectivity index (χ0) is 12.3. The zero-order valence-electron chi connectivity index (χ0n) is 8.46. The van der Waals surface area contributed by atoms with Crippen molar-refractivity contribution in [2.24, 2.45) is 0 Å². The number of nitrogens with one attached hydrogen (secondary N) is 1. The van der Waals surface area contributed by atoms with Crippen molar-refractivity contribution in [3.05, 3.63) is 44.0 Å². The van der Waals surface area contributed by atoms with Gasteiger partial charge in [0.2, 0.25) is 0 Å². The Balaban J connectivity index is 2.13. The molecule has 0 spiro atoms. The van der Waals surface area contributed by atoms with E-state index in [1.165, 1.54) is 23.5 Å². The first-order chi connectivity index (χ1) is 8.15. The first kappa shape index (κ1) is 11.7. The molecular weight excluding hydrogens is 264 g/mol. The molecule has 17 heavy (non-hydrogen) atoms. The lowest BCUT2D eigenvalue weighted by molar-refractivity contribution is -0.384. The van der Waals surface area contributed by atoms with Gasteiger partial charge in [-0.2, -0.15) is 0 Å². The van der Waals surface area contributed by atoms with Gasteiger partial charge in [0.15, 0.2) is 0 Å². The molecule has 2 aromatic rings. The molecule has 0 aromatic carbocycles. The van der Waals surface area contributed by atoms with Crippen LogP contribution in [0.15, 0.2) is 23.8 Å². The molecule has 0 aliphatic carbocycles. The van der Waals surface area contributed by atoms with Crippen molar-refractivity contribution >= 4 is 34.4 Å². The molecular formula is C9H7ClN4O2S. The summed E-state index contributed by atoms with van der Waals surface area (Å²) in [5, 5.41) is 13.7. The van der Waals surface area contributed by atoms with Crippen LogP contribution in [0.25, 0.3) is 0 Å². The first-order valence-electron chi connectivity index (χ1n) is 4.58. The number of aromatic nitrogens is 2. The third-order valence-corrected chi connectivity index (χ3v) is 2.89. The van der Waals surface area contributed by atoms with E-state index in [-0.39, 0.29) is 10.8 Å². The summed E-state index contributed by atoms with van der Waals surface area (Å²) in [5.74, 6) is 0.373. The molecule has 2 rings (SSSR count). The number of pyridine rings is 1. The quantitative estimate of drug-likeness (QED) is 0.525. The van der Waals surface area contributed by atoms with Crippen LogP contribution in [0, 0.1) is 10.1 Å². The summed E-state index contributed by atoms with van der Waals surface area (Å²) in [6, 6.07) is 2.55. The second kappa shape index (κ2) is 5.07. The average molecular weight is 271 g/mol. The van der Waals surface area contributed by atoms with Crippen molar-refractivity contribution in [3.63, 3.8) is 0 Å². The number of anilines is 1. The predicted molar refractivity (Wildman–Crippen MR) is 65.3 cm³/mol. The lowest BCUT2D eigenvalue weighted by atomic mass is 10.4. The van der Waals surface area contributed by atoms with E-state index in [0.29, 0.717) is 12.4 Å². The summed E-state index contributed by atoms with van der Waals surface area (Å²) >= 11 is 7.18. The molecule has 88 valence electrons. The molecule has 1 N–H and O–H groups in total. The van der Waals surface area contributed by atoms with Gasteiger partial charge in [0.25, 0.3) is 5.69 Å². The Kier molecular flexibility index (Phi) is 3.50. The van der Waals surface area contributed by atoms with Crippen molar-refractivity contribution in [1.29, 1.82) is 0 Å². The lowest BCUT2D eigenvalue weighted by Crippen LogP contribution is -2.01. The highest BCUT2D eigenvalue weighted by atomic mass is 35.5. The third-order valence-electron chi connectivity index (χ3n) is 1.92. The maximum atomic E-state index is 10.6. The fourth-order valence-corrected chi connectivity index (χ4v) is 1.92. The molecule has 0 unspecified atom stereocenters. The summed E-state index contributed by atoms with van der Waals surface area (Å²) in [7, 11) is 0. The number of thiazole rings is 1. The Morgan fingerprint density at radius 1 is 1.53 bits per heavy atom. The van der Waals surface area contributed by atoms with E-state index in [0.717, 1.165) is 4.88 Å². The minimum atomic E-state index is -0.508. The minimum absolute atomic E-state index is 0.0863. The van der Waals surface area contributed by atoms with Crippen LogP contribution >= 0.6 is 22.9 Å². The lowest BCUT2D eigenvalue weighted by Gasteiger charge is -2.03. The van der Waals surface area contributed by atoms with Gasteiger partial charge in [0, 0.05) is 11.1 Å². The Morgan fingerprint density at radius 2 is 2.35 bits per heavy atom. The van der Waals surface area contributed by atoms with Crippen LogP contribution in [0.1, 0.15) is 4.88 Å². The van der Waals surface area contributed by atoms with E-state index in [9.17, 15) is 10.1 Å². The molecule has 2 aromatic heterocycles. The molecule has 0 saturated heterocycles. The molecule has 0 radical (unpaired) electrons. The van der Waals surface area contributed by atoms with Gasteiger partial charge in [0.05, 0.1) is 29.1 Å². The predicted octanol–water partition coefficient (Wildman–Crippen LogP) is 2.71. The molecule has 0 fully saturated rings. The number of hydrogen-bond donors (Lipinski definition) is 1. The average Bonchev–Trinajstić information content (AvgIpc) is 2.78. The van der Waals surface area contributed by atoms with Crippen molar-refractivity contribution in [2.75, 3.05) is 5.32 Å². The van der Waals surface area contributed by atoms with Gasteiger partial charge < -0.3 is 5.32 Å². The van der Waals surface area contributed by atoms with Gasteiger partial charge in [-0.1, -0.05) is 11.6 Å². The number of nitrogens with zero attached hydrogens (tertiary/aromatic N) is 3. The second-order valence-corrected chi connectivity index (χ2v) is 4.47. The van der Waals surface area contributed by atoms with E-state index in [1.54, 1.807) is 11.7 Å². The Labute approximate surface area is 105 Å². The first-order valence-corrected chi connectivity index (χ1v) is 5.84. The van der Waals surface area contributed by atoms with Crippen LogP contribution < -0.4 is 5.32 Å². The zero-order valence-corrected chi connectivity index (χ0v) is 10.0. The van der Waals surface area contributed by atoms with Crippen LogP contribution in [0.5, 0.6) is 0 Å². The van der Waals surface area contributed by atoms with Gasteiger partial charge in [-0.05, 0) is 0 Å². The number of nitro groups is 1. The third kappa shape index (κ3) is 3.11. The highest BCUT2D eigenvalue weighted by molar-refractivity contribution is 7.09. The molecule has 0 amide bonds. The van der Waals surface area contributed by atoms with Gasteiger partial charge in [0.1, 0.15) is 11.0 Å². The molecule has 2 heterocycles. The standard InChI is InChI=1S/C9H7ClN4O2S/c10-8-1-6(14(15)16)2-9(13-8)12-4-7-3-11-5-17-7/h1-3,5H,4H2,(H,12,13). The monoisotopic (exact) mass is 270 g/mol. The Bertz CT molecular complexity index is 532. The summed E-state index contributed by atoms with van der Waals surface area (Å²) in [6.45, 7) is 0.509. The molecule has 0 atom stereocenters. The van der Waals surface area contributed by atoms with Crippen molar-refractivity contribution in [2.45, 2.75) is 6.54 Å². The van der Waals surface area contributed by atoms with Crippen molar-refractivity contribution in [3.8, 4) is 0 Å². The SMILES string of the molecule is O=[N+]([O-])c1cc(Cl)nc(NCc2cncs2)c1. The van der Waals surface area contributed by atoms with Crippen LogP contribution in [-0.2, 0) is 6.54 Å². The molecule has 0 bridgehead atoms. The molecule has 0 saturated carbocycles. The topological polar surface area (TPSA) is 81.0 Å². The van der Waals surface area contributed by atoms with E-state index >= 15 is 0 Å².